The highest BCUT2D eigenvalue weighted by Crippen LogP contribution is 2.12. The summed E-state index contributed by atoms with van der Waals surface area (Å²) >= 11 is 5.10. The molecule has 0 heterocycles. The second-order valence-corrected chi connectivity index (χ2v) is 4.44. The predicted molar refractivity (Wildman–Crippen MR) is 73.9 cm³/mol. The Balaban J connectivity index is 2.61. The lowest BCUT2D eigenvalue weighted by Crippen LogP contribution is -2.39. The van der Waals surface area contributed by atoms with Crippen LogP contribution in [0.25, 0.3) is 0 Å². The molecular formula is C12H16FN3OS. The van der Waals surface area contributed by atoms with Crippen molar-refractivity contribution in [2.75, 3.05) is 33.0 Å². The van der Waals surface area contributed by atoms with Crippen molar-refractivity contribution in [3.05, 3.63) is 30.1 Å². The molecule has 18 heavy (non-hydrogen) atoms. The molecule has 1 N–H and O–H groups in total. The van der Waals surface area contributed by atoms with Crippen LogP contribution in [-0.4, -0.2) is 48.5 Å². The van der Waals surface area contributed by atoms with Gasteiger partial charge in [0.1, 0.15) is 5.82 Å². The van der Waals surface area contributed by atoms with Gasteiger partial charge in [-0.05, 0) is 24.4 Å². The molecule has 98 valence electrons. The number of nitrogens with zero attached hydrogens (tertiary/aromatic N) is 2. The monoisotopic (exact) mass is 269 g/mol. The molecule has 6 heteroatoms. The van der Waals surface area contributed by atoms with Crippen LogP contribution in [0.3, 0.4) is 0 Å². The summed E-state index contributed by atoms with van der Waals surface area (Å²) in [7, 11) is 5.02. The number of anilines is 1. The highest BCUT2D eigenvalue weighted by molar-refractivity contribution is 7.80. The molecule has 0 aliphatic carbocycles. The van der Waals surface area contributed by atoms with Crippen LogP contribution in [0.2, 0.25) is 0 Å². The second kappa shape index (κ2) is 6.30. The Morgan fingerprint density at radius 2 is 1.94 bits per heavy atom. The molecule has 0 fully saturated rings. The molecule has 0 atom stereocenters. The van der Waals surface area contributed by atoms with Gasteiger partial charge in [0.05, 0.1) is 12.2 Å². The van der Waals surface area contributed by atoms with Gasteiger partial charge in [0.15, 0.2) is 5.11 Å². The second-order valence-electron chi connectivity index (χ2n) is 4.05. The van der Waals surface area contributed by atoms with E-state index in [4.69, 9.17) is 12.2 Å². The van der Waals surface area contributed by atoms with Crippen LogP contribution < -0.4 is 5.32 Å². The molecule has 0 aliphatic rings. The highest BCUT2D eigenvalue weighted by Gasteiger charge is 2.12. The van der Waals surface area contributed by atoms with E-state index in [9.17, 15) is 9.18 Å². The molecule has 1 aromatic rings. The maximum Gasteiger partial charge on any atom is 0.241 e. The van der Waals surface area contributed by atoms with Crippen LogP contribution in [0, 0.1) is 5.82 Å². The normalized spacial score (nSPS) is 9.78. The number of carbonyl (C=O) groups excluding carboxylic acids is 1. The van der Waals surface area contributed by atoms with Crippen LogP contribution >= 0.6 is 12.2 Å². The molecule has 0 unspecified atom stereocenters. The number of nitrogens with one attached hydrogen (secondary N) is 1. The van der Waals surface area contributed by atoms with Crippen LogP contribution in [-0.2, 0) is 4.79 Å². The summed E-state index contributed by atoms with van der Waals surface area (Å²) in [4.78, 5) is 14.5. The summed E-state index contributed by atoms with van der Waals surface area (Å²) in [6, 6.07) is 6.24. The summed E-state index contributed by atoms with van der Waals surface area (Å²) in [6.07, 6.45) is 0. The van der Waals surface area contributed by atoms with Crippen molar-refractivity contribution < 1.29 is 9.18 Å². The standard InChI is InChI=1S/C12H16FN3OS/c1-15(2)11(17)8-16(3)12(18)14-10-7-5-4-6-9(10)13/h4-7H,8H2,1-3H3,(H,14,18). The SMILES string of the molecule is CN(C)C(=O)CN(C)C(=S)Nc1ccccc1F. The van der Waals surface area contributed by atoms with Crippen LogP contribution in [0.5, 0.6) is 0 Å². The van der Waals surface area contributed by atoms with E-state index >= 15 is 0 Å². The van der Waals surface area contributed by atoms with E-state index in [0.29, 0.717) is 10.8 Å². The molecule has 0 bridgehead atoms. The molecule has 0 radical (unpaired) electrons. The van der Waals surface area contributed by atoms with E-state index in [0.717, 1.165) is 0 Å². The van der Waals surface area contributed by atoms with Gasteiger partial charge < -0.3 is 15.1 Å². The third-order valence-electron chi connectivity index (χ3n) is 2.33. The molecule has 0 aromatic heterocycles. The van der Waals surface area contributed by atoms with Gasteiger partial charge in [-0.2, -0.15) is 0 Å². The molecule has 0 spiro atoms. The van der Waals surface area contributed by atoms with Crippen molar-refractivity contribution in [2.24, 2.45) is 0 Å². The van der Waals surface area contributed by atoms with E-state index < -0.39 is 0 Å². The van der Waals surface area contributed by atoms with E-state index in [1.807, 2.05) is 0 Å². The molecule has 0 aliphatic heterocycles. The van der Waals surface area contributed by atoms with Gasteiger partial charge in [-0.15, -0.1) is 0 Å². The number of likely N-dealkylation sites (N-methyl/N-ethyl adjacent to an activating group) is 2. The van der Waals surface area contributed by atoms with E-state index in [2.05, 4.69) is 5.32 Å². The van der Waals surface area contributed by atoms with Crippen molar-refractivity contribution in [1.82, 2.24) is 9.80 Å². The number of hydrogen-bond donors (Lipinski definition) is 1. The van der Waals surface area contributed by atoms with Gasteiger partial charge >= 0.3 is 0 Å². The number of benzene rings is 1. The van der Waals surface area contributed by atoms with Crippen molar-refractivity contribution in [3.63, 3.8) is 0 Å². The zero-order chi connectivity index (χ0) is 13.7. The largest absolute Gasteiger partial charge is 0.347 e. The number of amides is 1. The lowest BCUT2D eigenvalue weighted by Gasteiger charge is -2.22. The van der Waals surface area contributed by atoms with E-state index in [1.165, 1.54) is 11.0 Å². The fourth-order valence-corrected chi connectivity index (χ4v) is 1.36. The minimum absolute atomic E-state index is 0.0739. The highest BCUT2D eigenvalue weighted by atomic mass is 32.1. The number of carbonyl (C=O) groups is 1. The molecule has 1 rings (SSSR count). The zero-order valence-corrected chi connectivity index (χ0v) is 11.4. The smallest absolute Gasteiger partial charge is 0.241 e. The molecule has 1 aromatic carbocycles. The summed E-state index contributed by atoms with van der Waals surface area (Å²) in [5.74, 6) is -0.456. The van der Waals surface area contributed by atoms with E-state index in [-0.39, 0.29) is 18.3 Å². The van der Waals surface area contributed by atoms with Crippen molar-refractivity contribution in [2.45, 2.75) is 0 Å². The molecule has 4 nitrogen and oxygen atoms in total. The Morgan fingerprint density at radius 3 is 2.50 bits per heavy atom. The van der Waals surface area contributed by atoms with Gasteiger partial charge in [0, 0.05) is 21.1 Å². The first-order chi connectivity index (χ1) is 8.41. The minimum atomic E-state index is -0.382. The fourth-order valence-electron chi connectivity index (χ4n) is 1.19. The Kier molecular flexibility index (Phi) is 5.03. The maximum atomic E-state index is 13.4. The van der Waals surface area contributed by atoms with Gasteiger partial charge in [-0.1, -0.05) is 12.1 Å². The summed E-state index contributed by atoms with van der Waals surface area (Å²) in [5, 5.41) is 3.07. The average Bonchev–Trinajstić information content (AvgIpc) is 2.31. The Labute approximate surface area is 111 Å². The first-order valence-electron chi connectivity index (χ1n) is 5.38. The number of halogens is 1. The number of hydrogen-bond acceptors (Lipinski definition) is 2. The van der Waals surface area contributed by atoms with Crippen LogP contribution in [0.1, 0.15) is 0 Å². The van der Waals surface area contributed by atoms with Crippen molar-refractivity contribution >= 4 is 28.9 Å². The molecule has 1 amide bonds. The Hall–Kier alpha value is -1.69. The summed E-state index contributed by atoms with van der Waals surface area (Å²) in [5.41, 5.74) is 0.298. The Bertz CT molecular complexity index is 451. The summed E-state index contributed by atoms with van der Waals surface area (Å²) < 4.78 is 13.4. The van der Waals surface area contributed by atoms with Crippen molar-refractivity contribution in [3.8, 4) is 0 Å². The average molecular weight is 269 g/mol. The minimum Gasteiger partial charge on any atom is -0.347 e. The number of para-hydroxylation sites is 1. The van der Waals surface area contributed by atoms with Crippen LogP contribution in [0.4, 0.5) is 10.1 Å². The van der Waals surface area contributed by atoms with Crippen molar-refractivity contribution in [1.29, 1.82) is 0 Å². The first kappa shape index (κ1) is 14.4. The quantitative estimate of drug-likeness (QED) is 0.844. The molecular weight excluding hydrogens is 253 g/mol. The zero-order valence-electron chi connectivity index (χ0n) is 10.6. The maximum absolute atomic E-state index is 13.4. The molecule has 0 saturated carbocycles. The van der Waals surface area contributed by atoms with Gasteiger partial charge in [0.2, 0.25) is 5.91 Å². The van der Waals surface area contributed by atoms with Gasteiger partial charge in [-0.3, -0.25) is 4.79 Å². The van der Waals surface area contributed by atoms with Crippen LogP contribution in [0.15, 0.2) is 24.3 Å². The Morgan fingerprint density at radius 1 is 1.33 bits per heavy atom. The lowest BCUT2D eigenvalue weighted by atomic mass is 10.3. The summed E-state index contributed by atoms with van der Waals surface area (Å²) in [6.45, 7) is 0.146. The fraction of sp³-hybridized carbons (Fsp3) is 0.333. The third kappa shape index (κ3) is 3.96. The van der Waals surface area contributed by atoms with E-state index in [1.54, 1.807) is 44.2 Å². The number of rotatable bonds is 3. The lowest BCUT2D eigenvalue weighted by molar-refractivity contribution is -0.128. The van der Waals surface area contributed by atoms with Gasteiger partial charge in [0.25, 0.3) is 0 Å². The third-order valence-corrected chi connectivity index (χ3v) is 2.75. The number of thiocarbonyl (C=S) groups is 1. The predicted octanol–water partition coefficient (Wildman–Crippen LogP) is 1.54. The topological polar surface area (TPSA) is 35.6 Å². The van der Waals surface area contributed by atoms with Gasteiger partial charge in [-0.25, -0.2) is 4.39 Å². The first-order valence-corrected chi connectivity index (χ1v) is 5.79. The molecule has 0 saturated heterocycles.